The first kappa shape index (κ1) is 12.3. The fraction of sp³-hybridized carbons (Fsp3) is 0.125. The summed E-state index contributed by atoms with van der Waals surface area (Å²) in [5.41, 5.74) is 9.49. The molecule has 3 aromatic rings. The molecule has 0 unspecified atom stereocenters. The fourth-order valence-corrected chi connectivity index (χ4v) is 2.71. The highest BCUT2D eigenvalue weighted by Gasteiger charge is 2.16. The average molecular weight is 271 g/mol. The van der Waals surface area contributed by atoms with Gasteiger partial charge in [-0.15, -0.1) is 0 Å². The number of hydrogen-bond acceptors (Lipinski definition) is 1. The Morgan fingerprint density at radius 3 is 2.63 bits per heavy atom. The van der Waals surface area contributed by atoms with Crippen molar-refractivity contribution in [3.63, 3.8) is 0 Å². The predicted octanol–water partition coefficient (Wildman–Crippen LogP) is 3.91. The van der Waals surface area contributed by atoms with Crippen LogP contribution in [0, 0.1) is 0 Å². The van der Waals surface area contributed by atoms with E-state index in [1.165, 1.54) is 16.5 Å². The van der Waals surface area contributed by atoms with E-state index in [0.717, 1.165) is 10.5 Å². The number of nitrogens with two attached hydrogens (primary N) is 1. The predicted molar refractivity (Wildman–Crippen MR) is 80.6 cm³/mol. The summed E-state index contributed by atoms with van der Waals surface area (Å²) in [5, 5.41) is 1.92. The van der Waals surface area contributed by atoms with Gasteiger partial charge >= 0.3 is 0 Å². The second-order valence-corrected chi connectivity index (χ2v) is 5.07. The number of H-pyrrole nitrogens is 1. The minimum atomic E-state index is 0.205. The molecule has 19 heavy (non-hydrogen) atoms. The second kappa shape index (κ2) is 5.08. The SMILES string of the molecule is NC[C@H](c1ccccc1)c1c[nH]c2cc(Cl)ccc12. The Balaban J connectivity index is 2.12. The molecule has 3 N–H and O–H groups in total. The molecule has 0 radical (unpaired) electrons. The lowest BCUT2D eigenvalue weighted by molar-refractivity contribution is 0.825. The van der Waals surface area contributed by atoms with E-state index in [-0.39, 0.29) is 5.92 Å². The van der Waals surface area contributed by atoms with Gasteiger partial charge in [0.1, 0.15) is 0 Å². The van der Waals surface area contributed by atoms with Crippen molar-refractivity contribution in [2.75, 3.05) is 6.54 Å². The molecule has 0 aliphatic heterocycles. The van der Waals surface area contributed by atoms with Crippen LogP contribution < -0.4 is 5.73 Å². The van der Waals surface area contributed by atoms with E-state index in [0.29, 0.717) is 6.54 Å². The monoisotopic (exact) mass is 270 g/mol. The van der Waals surface area contributed by atoms with Crippen molar-refractivity contribution in [1.82, 2.24) is 4.98 Å². The summed E-state index contributed by atoms with van der Waals surface area (Å²) >= 11 is 6.01. The third kappa shape index (κ3) is 2.25. The lowest BCUT2D eigenvalue weighted by atomic mass is 9.91. The van der Waals surface area contributed by atoms with Crippen LogP contribution in [0.15, 0.2) is 54.7 Å². The third-order valence-electron chi connectivity index (χ3n) is 3.49. The van der Waals surface area contributed by atoms with E-state index < -0.39 is 0 Å². The van der Waals surface area contributed by atoms with E-state index in [4.69, 9.17) is 17.3 Å². The summed E-state index contributed by atoms with van der Waals surface area (Å²) in [5.74, 6) is 0.205. The molecule has 0 bridgehead atoms. The van der Waals surface area contributed by atoms with Gasteiger partial charge in [-0.1, -0.05) is 48.0 Å². The average Bonchev–Trinajstić information content (AvgIpc) is 2.84. The number of hydrogen-bond donors (Lipinski definition) is 2. The van der Waals surface area contributed by atoms with Crippen molar-refractivity contribution in [1.29, 1.82) is 0 Å². The summed E-state index contributed by atoms with van der Waals surface area (Å²) in [7, 11) is 0. The Bertz CT molecular complexity index is 688. The quantitative estimate of drug-likeness (QED) is 0.744. The number of nitrogens with one attached hydrogen (secondary N) is 1. The number of aromatic nitrogens is 1. The maximum absolute atomic E-state index is 6.01. The van der Waals surface area contributed by atoms with Crippen LogP contribution in [-0.4, -0.2) is 11.5 Å². The van der Waals surface area contributed by atoms with E-state index in [9.17, 15) is 0 Å². The molecule has 0 aliphatic rings. The third-order valence-corrected chi connectivity index (χ3v) is 3.72. The molecule has 1 heterocycles. The minimum Gasteiger partial charge on any atom is -0.361 e. The summed E-state index contributed by atoms with van der Waals surface area (Å²) in [6.07, 6.45) is 2.03. The number of aromatic amines is 1. The zero-order chi connectivity index (χ0) is 13.2. The van der Waals surface area contributed by atoms with Gasteiger partial charge in [0.25, 0.3) is 0 Å². The maximum atomic E-state index is 6.01. The lowest BCUT2D eigenvalue weighted by Gasteiger charge is -2.14. The van der Waals surface area contributed by atoms with Crippen LogP contribution in [0.25, 0.3) is 10.9 Å². The number of halogens is 1. The molecule has 1 atom stereocenters. The first-order valence-corrected chi connectivity index (χ1v) is 6.69. The molecule has 0 amide bonds. The van der Waals surface area contributed by atoms with Gasteiger partial charge in [0.2, 0.25) is 0 Å². The van der Waals surface area contributed by atoms with Crippen LogP contribution in [0.4, 0.5) is 0 Å². The molecule has 2 aromatic carbocycles. The van der Waals surface area contributed by atoms with E-state index >= 15 is 0 Å². The highest BCUT2D eigenvalue weighted by Crippen LogP contribution is 2.31. The van der Waals surface area contributed by atoms with Crippen LogP contribution in [0.2, 0.25) is 5.02 Å². The van der Waals surface area contributed by atoms with E-state index in [1.54, 1.807) is 0 Å². The topological polar surface area (TPSA) is 41.8 Å². The fourth-order valence-electron chi connectivity index (χ4n) is 2.54. The molecule has 3 heteroatoms. The standard InChI is InChI=1S/C16H15ClN2/c17-12-6-7-13-15(10-19-16(13)8-12)14(9-18)11-4-2-1-3-5-11/h1-8,10,14,19H,9,18H2/t14-/m1/s1. The highest BCUT2D eigenvalue weighted by atomic mass is 35.5. The molecule has 0 saturated carbocycles. The normalized spacial score (nSPS) is 12.7. The van der Waals surface area contributed by atoms with Crippen molar-refractivity contribution < 1.29 is 0 Å². The van der Waals surface area contributed by atoms with Crippen molar-refractivity contribution >= 4 is 22.5 Å². The highest BCUT2D eigenvalue weighted by molar-refractivity contribution is 6.31. The zero-order valence-corrected chi connectivity index (χ0v) is 11.2. The van der Waals surface area contributed by atoms with Gasteiger partial charge in [0, 0.05) is 34.6 Å². The maximum Gasteiger partial charge on any atom is 0.0471 e. The first-order chi connectivity index (χ1) is 9.29. The number of fused-ring (bicyclic) bond motifs is 1. The summed E-state index contributed by atoms with van der Waals surface area (Å²) < 4.78 is 0. The molecule has 0 saturated heterocycles. The molecule has 0 fully saturated rings. The lowest BCUT2D eigenvalue weighted by Crippen LogP contribution is -2.13. The second-order valence-electron chi connectivity index (χ2n) is 4.63. The number of rotatable bonds is 3. The van der Waals surface area contributed by atoms with Gasteiger partial charge < -0.3 is 10.7 Å². The van der Waals surface area contributed by atoms with Gasteiger partial charge in [0.05, 0.1) is 0 Å². The Hall–Kier alpha value is -1.77. The molecule has 1 aromatic heterocycles. The van der Waals surface area contributed by atoms with Crippen LogP contribution >= 0.6 is 11.6 Å². The molecular weight excluding hydrogens is 256 g/mol. The van der Waals surface area contributed by atoms with Crippen molar-refractivity contribution in [2.24, 2.45) is 5.73 Å². The molecular formula is C16H15ClN2. The van der Waals surface area contributed by atoms with Crippen LogP contribution in [0.3, 0.4) is 0 Å². The van der Waals surface area contributed by atoms with Crippen molar-refractivity contribution in [3.05, 3.63) is 70.9 Å². The Kier molecular flexibility index (Phi) is 3.28. The van der Waals surface area contributed by atoms with Crippen LogP contribution in [0.1, 0.15) is 17.0 Å². The Morgan fingerprint density at radius 2 is 1.89 bits per heavy atom. The molecule has 2 nitrogen and oxygen atoms in total. The van der Waals surface area contributed by atoms with Crippen molar-refractivity contribution in [2.45, 2.75) is 5.92 Å². The van der Waals surface area contributed by atoms with Gasteiger partial charge in [-0.2, -0.15) is 0 Å². The largest absolute Gasteiger partial charge is 0.361 e. The molecule has 0 spiro atoms. The summed E-state index contributed by atoms with van der Waals surface area (Å²) in [6, 6.07) is 16.3. The van der Waals surface area contributed by atoms with Gasteiger partial charge in [-0.3, -0.25) is 0 Å². The van der Waals surface area contributed by atoms with Gasteiger partial charge in [-0.05, 0) is 23.3 Å². The Labute approximate surface area is 117 Å². The van der Waals surface area contributed by atoms with E-state index in [2.05, 4.69) is 23.2 Å². The Morgan fingerprint density at radius 1 is 1.11 bits per heavy atom. The van der Waals surface area contributed by atoms with Gasteiger partial charge in [-0.25, -0.2) is 0 Å². The molecule has 0 aliphatic carbocycles. The summed E-state index contributed by atoms with van der Waals surface area (Å²) in [4.78, 5) is 3.27. The molecule has 96 valence electrons. The van der Waals surface area contributed by atoms with Gasteiger partial charge in [0.15, 0.2) is 0 Å². The zero-order valence-electron chi connectivity index (χ0n) is 10.4. The van der Waals surface area contributed by atoms with Crippen LogP contribution in [-0.2, 0) is 0 Å². The number of benzene rings is 2. The first-order valence-electron chi connectivity index (χ1n) is 6.31. The smallest absolute Gasteiger partial charge is 0.0471 e. The van der Waals surface area contributed by atoms with Crippen molar-refractivity contribution in [3.8, 4) is 0 Å². The van der Waals surface area contributed by atoms with E-state index in [1.807, 2.05) is 36.5 Å². The molecule has 3 rings (SSSR count). The minimum absolute atomic E-state index is 0.205. The van der Waals surface area contributed by atoms with Crippen LogP contribution in [0.5, 0.6) is 0 Å². The summed E-state index contributed by atoms with van der Waals surface area (Å²) in [6.45, 7) is 0.583.